The van der Waals surface area contributed by atoms with E-state index in [1.807, 2.05) is 0 Å². The summed E-state index contributed by atoms with van der Waals surface area (Å²) in [5.41, 5.74) is 0.514. The van der Waals surface area contributed by atoms with E-state index < -0.39 is 0 Å². The summed E-state index contributed by atoms with van der Waals surface area (Å²) in [5.74, 6) is 0.311. The quantitative estimate of drug-likeness (QED) is 0.518. The van der Waals surface area contributed by atoms with Crippen molar-refractivity contribution in [3.63, 3.8) is 0 Å². The first-order chi connectivity index (χ1) is 9.79. The molecule has 0 unspecified atom stereocenters. The first-order valence-corrected chi connectivity index (χ1v) is 7.65. The molecule has 1 aromatic heterocycles. The second kappa shape index (κ2) is 10.2. The maximum atomic E-state index is 11.8. The minimum absolute atomic E-state index is 0.314. The number of hydrogen-bond donors (Lipinski definition) is 1. The molecule has 0 saturated heterocycles. The number of nitrogens with one attached hydrogen (secondary N) is 1. The van der Waals surface area contributed by atoms with Gasteiger partial charge in [0.05, 0.1) is 6.61 Å². The lowest BCUT2D eigenvalue weighted by Crippen LogP contribution is -2.12. The average Bonchev–Trinajstić information content (AvgIpc) is 2.47. The largest absolute Gasteiger partial charge is 0.462 e. The van der Waals surface area contributed by atoms with Crippen LogP contribution in [0.2, 0.25) is 0 Å². The van der Waals surface area contributed by atoms with Crippen LogP contribution in [0.15, 0.2) is 18.3 Å². The number of ether oxygens (including phenoxy) is 1. The summed E-state index contributed by atoms with van der Waals surface area (Å²) >= 11 is 0. The van der Waals surface area contributed by atoms with Crippen molar-refractivity contribution < 1.29 is 9.53 Å². The van der Waals surface area contributed by atoms with Crippen LogP contribution in [-0.2, 0) is 4.74 Å². The molecule has 1 N–H and O–H groups in total. The van der Waals surface area contributed by atoms with Crippen molar-refractivity contribution in [2.24, 2.45) is 0 Å². The van der Waals surface area contributed by atoms with Gasteiger partial charge < -0.3 is 10.1 Å². The van der Waals surface area contributed by atoms with Crippen molar-refractivity contribution >= 4 is 11.8 Å². The zero-order chi connectivity index (χ0) is 14.6. The van der Waals surface area contributed by atoms with E-state index in [1.54, 1.807) is 25.3 Å². The molecule has 1 heterocycles. The summed E-state index contributed by atoms with van der Waals surface area (Å²) in [6.45, 7) is 5.25. The molecule has 0 bridgehead atoms. The number of aromatic nitrogens is 1. The van der Waals surface area contributed by atoms with Crippen LogP contribution >= 0.6 is 0 Å². The van der Waals surface area contributed by atoms with Gasteiger partial charge in [-0.3, -0.25) is 0 Å². The minimum atomic E-state index is -0.314. The first-order valence-electron chi connectivity index (χ1n) is 7.65. The molecule has 4 heteroatoms. The van der Waals surface area contributed by atoms with E-state index in [4.69, 9.17) is 4.74 Å². The Balaban J connectivity index is 2.34. The van der Waals surface area contributed by atoms with E-state index in [-0.39, 0.29) is 5.97 Å². The Morgan fingerprint density at radius 3 is 2.70 bits per heavy atom. The van der Waals surface area contributed by atoms with Gasteiger partial charge in [0.15, 0.2) is 0 Å². The number of pyridine rings is 1. The van der Waals surface area contributed by atoms with Gasteiger partial charge in [0.2, 0.25) is 0 Å². The topological polar surface area (TPSA) is 51.2 Å². The molecule has 0 radical (unpaired) electrons. The molecule has 0 amide bonds. The summed E-state index contributed by atoms with van der Waals surface area (Å²) in [4.78, 5) is 16.0. The standard InChI is InChI=1S/C16H26N2O2/c1-3-5-6-7-8-9-12-17-15-14(11-10-13-18-15)16(19)20-4-2/h10-11,13H,3-9,12H2,1-2H3,(H,17,18). The van der Waals surface area contributed by atoms with Gasteiger partial charge in [0, 0.05) is 12.7 Å². The van der Waals surface area contributed by atoms with Gasteiger partial charge in [0.1, 0.15) is 11.4 Å². The molecule has 1 aromatic rings. The minimum Gasteiger partial charge on any atom is -0.462 e. The van der Waals surface area contributed by atoms with Gasteiger partial charge in [0.25, 0.3) is 0 Å². The van der Waals surface area contributed by atoms with Crippen molar-refractivity contribution in [1.82, 2.24) is 4.98 Å². The van der Waals surface area contributed by atoms with Gasteiger partial charge in [-0.25, -0.2) is 9.78 Å². The van der Waals surface area contributed by atoms with Gasteiger partial charge in [-0.15, -0.1) is 0 Å². The Hall–Kier alpha value is -1.58. The van der Waals surface area contributed by atoms with Crippen molar-refractivity contribution in [1.29, 1.82) is 0 Å². The Morgan fingerprint density at radius 2 is 1.95 bits per heavy atom. The molecule has 1 rings (SSSR count). The van der Waals surface area contributed by atoms with Crippen molar-refractivity contribution in [2.45, 2.75) is 52.4 Å². The number of carbonyl (C=O) groups excluding carboxylic acids is 1. The zero-order valence-corrected chi connectivity index (χ0v) is 12.7. The van der Waals surface area contributed by atoms with Crippen LogP contribution < -0.4 is 5.32 Å². The monoisotopic (exact) mass is 278 g/mol. The highest BCUT2D eigenvalue weighted by molar-refractivity contribution is 5.94. The number of rotatable bonds is 10. The highest BCUT2D eigenvalue weighted by Gasteiger charge is 2.12. The Labute approximate surface area is 121 Å². The molecule has 0 aliphatic rings. The maximum Gasteiger partial charge on any atom is 0.341 e. The maximum absolute atomic E-state index is 11.8. The third-order valence-corrected chi connectivity index (χ3v) is 3.13. The van der Waals surface area contributed by atoms with Crippen molar-refractivity contribution in [3.8, 4) is 0 Å². The Kier molecular flexibility index (Phi) is 8.43. The SMILES string of the molecule is CCCCCCCCNc1ncccc1C(=O)OCC. The fourth-order valence-electron chi connectivity index (χ4n) is 2.03. The van der Waals surface area contributed by atoms with Gasteiger partial charge in [-0.2, -0.15) is 0 Å². The predicted octanol–water partition coefficient (Wildman–Crippen LogP) is 4.03. The molecular formula is C16H26N2O2. The zero-order valence-electron chi connectivity index (χ0n) is 12.7. The van der Waals surface area contributed by atoms with Crippen LogP contribution in [0.4, 0.5) is 5.82 Å². The van der Waals surface area contributed by atoms with Crippen molar-refractivity contribution in [2.75, 3.05) is 18.5 Å². The van der Waals surface area contributed by atoms with E-state index in [0.29, 0.717) is 18.0 Å². The molecule has 0 spiro atoms. The normalized spacial score (nSPS) is 10.3. The summed E-state index contributed by atoms with van der Waals surface area (Å²) < 4.78 is 5.02. The number of hydrogen-bond acceptors (Lipinski definition) is 4. The second-order valence-electron chi connectivity index (χ2n) is 4.81. The highest BCUT2D eigenvalue weighted by Crippen LogP contribution is 2.13. The van der Waals surface area contributed by atoms with Gasteiger partial charge in [-0.1, -0.05) is 39.0 Å². The summed E-state index contributed by atoms with van der Waals surface area (Å²) in [5, 5.41) is 3.23. The average molecular weight is 278 g/mol. The smallest absolute Gasteiger partial charge is 0.341 e. The fraction of sp³-hybridized carbons (Fsp3) is 0.625. The van der Waals surface area contributed by atoms with Crippen LogP contribution in [0.5, 0.6) is 0 Å². The number of esters is 1. The summed E-state index contributed by atoms with van der Waals surface area (Å²) in [6, 6.07) is 3.50. The lowest BCUT2D eigenvalue weighted by Gasteiger charge is -2.09. The van der Waals surface area contributed by atoms with Crippen LogP contribution in [0.3, 0.4) is 0 Å². The van der Waals surface area contributed by atoms with E-state index >= 15 is 0 Å². The van der Waals surface area contributed by atoms with E-state index in [1.165, 1.54) is 32.1 Å². The molecule has 112 valence electrons. The van der Waals surface area contributed by atoms with Crippen LogP contribution in [0.25, 0.3) is 0 Å². The molecule has 0 saturated carbocycles. The van der Waals surface area contributed by atoms with Crippen LogP contribution in [0, 0.1) is 0 Å². The molecule has 20 heavy (non-hydrogen) atoms. The molecular weight excluding hydrogens is 252 g/mol. The fourth-order valence-corrected chi connectivity index (χ4v) is 2.03. The lowest BCUT2D eigenvalue weighted by atomic mass is 10.1. The van der Waals surface area contributed by atoms with Crippen LogP contribution in [0.1, 0.15) is 62.7 Å². The Morgan fingerprint density at radius 1 is 1.20 bits per heavy atom. The Bertz CT molecular complexity index is 394. The summed E-state index contributed by atoms with van der Waals surface area (Å²) in [7, 11) is 0. The molecule has 0 aliphatic carbocycles. The van der Waals surface area contributed by atoms with E-state index in [2.05, 4.69) is 17.2 Å². The molecule has 0 aliphatic heterocycles. The van der Waals surface area contributed by atoms with Crippen LogP contribution in [-0.4, -0.2) is 24.1 Å². The number of unbranched alkanes of at least 4 members (excludes halogenated alkanes) is 5. The first kappa shape index (κ1) is 16.5. The second-order valence-corrected chi connectivity index (χ2v) is 4.81. The van der Waals surface area contributed by atoms with Gasteiger partial charge >= 0.3 is 5.97 Å². The molecule has 0 atom stereocenters. The number of carbonyl (C=O) groups is 1. The molecule has 4 nitrogen and oxygen atoms in total. The molecule has 0 fully saturated rings. The van der Waals surface area contributed by atoms with Gasteiger partial charge in [-0.05, 0) is 25.5 Å². The third kappa shape index (κ3) is 6.04. The van der Waals surface area contributed by atoms with E-state index in [9.17, 15) is 4.79 Å². The predicted molar refractivity (Wildman–Crippen MR) is 82.1 cm³/mol. The molecule has 0 aromatic carbocycles. The van der Waals surface area contributed by atoms with E-state index in [0.717, 1.165) is 13.0 Å². The third-order valence-electron chi connectivity index (χ3n) is 3.13. The number of anilines is 1. The summed E-state index contributed by atoms with van der Waals surface area (Å²) in [6.07, 6.45) is 9.19. The number of nitrogens with zero attached hydrogens (tertiary/aromatic N) is 1. The highest BCUT2D eigenvalue weighted by atomic mass is 16.5. The van der Waals surface area contributed by atoms with Crippen molar-refractivity contribution in [3.05, 3.63) is 23.9 Å². The lowest BCUT2D eigenvalue weighted by molar-refractivity contribution is 0.0527.